The first-order valence-corrected chi connectivity index (χ1v) is 11.2. The van der Waals surface area contributed by atoms with Gasteiger partial charge in [0, 0.05) is 29.3 Å². The molecule has 0 N–H and O–H groups in total. The van der Waals surface area contributed by atoms with Crippen molar-refractivity contribution in [2.24, 2.45) is 10.9 Å². The summed E-state index contributed by atoms with van der Waals surface area (Å²) in [6.07, 6.45) is 7.04. The molecule has 0 bridgehead atoms. The van der Waals surface area contributed by atoms with Crippen LogP contribution in [0.5, 0.6) is 0 Å². The van der Waals surface area contributed by atoms with Crippen molar-refractivity contribution in [2.75, 3.05) is 0 Å². The fourth-order valence-electron chi connectivity index (χ4n) is 4.83. The van der Waals surface area contributed by atoms with E-state index in [1.165, 1.54) is 6.42 Å². The second-order valence-corrected chi connectivity index (χ2v) is 8.97. The first kappa shape index (κ1) is 20.6. The normalized spacial score (nSPS) is 25.5. The second-order valence-electron chi connectivity index (χ2n) is 8.19. The summed E-state index contributed by atoms with van der Waals surface area (Å²) in [5.74, 6) is -1.44. The average molecular weight is 434 g/mol. The van der Waals surface area contributed by atoms with Crippen molar-refractivity contribution in [3.63, 3.8) is 0 Å². The summed E-state index contributed by atoms with van der Waals surface area (Å²) >= 11 is 12.8. The lowest BCUT2D eigenvalue weighted by Gasteiger charge is -2.36. The van der Waals surface area contributed by atoms with Gasteiger partial charge in [0.05, 0.1) is 10.0 Å². The van der Waals surface area contributed by atoms with Gasteiger partial charge in [-0.25, -0.2) is 0 Å². The van der Waals surface area contributed by atoms with Crippen LogP contribution in [0.4, 0.5) is 0 Å². The molecule has 1 fully saturated rings. The zero-order chi connectivity index (χ0) is 20.5. The third kappa shape index (κ3) is 4.02. The highest BCUT2D eigenvalue weighted by molar-refractivity contribution is 6.42. The molecule has 6 heteroatoms. The van der Waals surface area contributed by atoms with Gasteiger partial charge < -0.3 is 4.74 Å². The minimum absolute atomic E-state index is 0.0407. The van der Waals surface area contributed by atoms with Crippen LogP contribution in [-0.2, 0) is 14.3 Å². The predicted molar refractivity (Wildman–Crippen MR) is 115 cm³/mol. The van der Waals surface area contributed by atoms with E-state index in [0.29, 0.717) is 33.3 Å². The van der Waals surface area contributed by atoms with E-state index in [4.69, 9.17) is 27.9 Å². The van der Waals surface area contributed by atoms with Gasteiger partial charge in [0.2, 0.25) is 0 Å². The van der Waals surface area contributed by atoms with Crippen LogP contribution >= 0.6 is 23.2 Å². The van der Waals surface area contributed by atoms with E-state index in [1.54, 1.807) is 6.07 Å². The van der Waals surface area contributed by atoms with Gasteiger partial charge in [-0.05, 0) is 57.1 Å². The molecule has 4 nitrogen and oxygen atoms in total. The van der Waals surface area contributed by atoms with Gasteiger partial charge in [0.25, 0.3) is 0 Å². The van der Waals surface area contributed by atoms with E-state index < -0.39 is 11.8 Å². The molecule has 0 saturated heterocycles. The Hall–Kier alpha value is -1.65. The molecule has 154 valence electrons. The molecule has 0 aromatic heterocycles. The largest absolute Gasteiger partial charge is 0.462 e. The fourth-order valence-corrected chi connectivity index (χ4v) is 5.25. The fraction of sp³-hybridized carbons (Fsp3) is 0.522. The zero-order valence-corrected chi connectivity index (χ0v) is 18.1. The Morgan fingerprint density at radius 3 is 2.62 bits per heavy atom. The van der Waals surface area contributed by atoms with Crippen molar-refractivity contribution in [3.05, 3.63) is 45.1 Å². The molecule has 0 spiro atoms. The molecule has 0 amide bonds. The number of carbonyl (C=O) groups is 2. The third-order valence-corrected chi connectivity index (χ3v) is 7.07. The average Bonchev–Trinajstić information content (AvgIpc) is 2.70. The maximum absolute atomic E-state index is 13.3. The summed E-state index contributed by atoms with van der Waals surface area (Å²) in [7, 11) is 0. The Kier molecular flexibility index (Phi) is 6.12. The number of aliphatic imine (C=N–C) groups is 1. The Bertz CT molecular complexity index is 899. The van der Waals surface area contributed by atoms with E-state index in [1.807, 2.05) is 19.1 Å². The van der Waals surface area contributed by atoms with Crippen molar-refractivity contribution in [1.29, 1.82) is 0 Å². The maximum Gasteiger partial charge on any atom is 0.315 e. The molecule has 1 heterocycles. The van der Waals surface area contributed by atoms with Gasteiger partial charge in [-0.2, -0.15) is 0 Å². The molecule has 1 aromatic rings. The number of carbonyl (C=O) groups excluding carboxylic acids is 2. The number of hydrogen-bond donors (Lipinski definition) is 0. The number of Topliss-reactive ketones (excluding diaryl/α,β-unsaturated/α-hetero) is 1. The van der Waals surface area contributed by atoms with Crippen LogP contribution in [0.15, 0.2) is 34.5 Å². The highest BCUT2D eigenvalue weighted by Crippen LogP contribution is 2.46. The van der Waals surface area contributed by atoms with Crippen LogP contribution in [0.3, 0.4) is 0 Å². The lowest BCUT2D eigenvalue weighted by Crippen LogP contribution is -2.39. The van der Waals surface area contributed by atoms with E-state index in [-0.39, 0.29) is 17.9 Å². The van der Waals surface area contributed by atoms with Crippen LogP contribution in [0.25, 0.3) is 0 Å². The highest BCUT2D eigenvalue weighted by Gasteiger charge is 2.44. The molecular formula is C23H25Cl2NO3. The third-order valence-electron chi connectivity index (χ3n) is 6.24. The van der Waals surface area contributed by atoms with Crippen molar-refractivity contribution in [1.82, 2.24) is 0 Å². The minimum Gasteiger partial charge on any atom is -0.462 e. The number of rotatable bonds is 3. The van der Waals surface area contributed by atoms with Crippen LogP contribution in [0.2, 0.25) is 10.0 Å². The number of ether oxygens (including phenoxy) is 1. The monoisotopic (exact) mass is 433 g/mol. The van der Waals surface area contributed by atoms with Crippen molar-refractivity contribution < 1.29 is 14.3 Å². The summed E-state index contributed by atoms with van der Waals surface area (Å²) in [6.45, 7) is 1.85. The molecule has 3 aliphatic rings. The molecule has 4 rings (SSSR count). The summed E-state index contributed by atoms with van der Waals surface area (Å²) in [6, 6.07) is 5.37. The molecule has 2 aliphatic carbocycles. The van der Waals surface area contributed by atoms with Crippen LogP contribution in [0.1, 0.15) is 69.8 Å². The molecule has 1 saturated carbocycles. The van der Waals surface area contributed by atoms with E-state index in [2.05, 4.69) is 4.99 Å². The van der Waals surface area contributed by atoms with Crippen molar-refractivity contribution >= 4 is 40.7 Å². The van der Waals surface area contributed by atoms with Crippen LogP contribution < -0.4 is 0 Å². The highest BCUT2D eigenvalue weighted by atomic mass is 35.5. The summed E-state index contributed by atoms with van der Waals surface area (Å²) in [5, 5.41) is 0.795. The SMILES string of the molecule is CC1=NC2=C(C(=O)CCC2)[C@@H](c2cccc(Cl)c2Cl)C1C(=O)OC1CCCCC1. The number of benzene rings is 1. The molecule has 1 aromatic carbocycles. The topological polar surface area (TPSA) is 55.7 Å². The Balaban J connectivity index is 1.77. The van der Waals surface area contributed by atoms with Crippen LogP contribution in [-0.4, -0.2) is 23.6 Å². The summed E-state index contributed by atoms with van der Waals surface area (Å²) < 4.78 is 5.91. The molecule has 1 unspecified atom stereocenters. The van der Waals surface area contributed by atoms with E-state index >= 15 is 0 Å². The van der Waals surface area contributed by atoms with Gasteiger partial charge in [-0.15, -0.1) is 0 Å². The van der Waals surface area contributed by atoms with Crippen LogP contribution in [0, 0.1) is 5.92 Å². The predicted octanol–water partition coefficient (Wildman–Crippen LogP) is 6.05. The number of ketones is 1. The van der Waals surface area contributed by atoms with Crippen molar-refractivity contribution in [3.8, 4) is 0 Å². The lowest BCUT2D eigenvalue weighted by atomic mass is 9.71. The smallest absolute Gasteiger partial charge is 0.315 e. The molecular weight excluding hydrogens is 409 g/mol. The summed E-state index contributed by atoms with van der Waals surface area (Å²) in [5.41, 5.74) is 2.76. The number of hydrogen-bond acceptors (Lipinski definition) is 4. The van der Waals surface area contributed by atoms with Gasteiger partial charge in [0.1, 0.15) is 12.0 Å². The minimum atomic E-state index is -0.659. The number of nitrogens with zero attached hydrogens (tertiary/aromatic N) is 1. The van der Waals surface area contributed by atoms with E-state index in [9.17, 15) is 9.59 Å². The lowest BCUT2D eigenvalue weighted by molar-refractivity contribution is -0.153. The van der Waals surface area contributed by atoms with E-state index in [0.717, 1.165) is 44.2 Å². The Morgan fingerprint density at radius 1 is 1.10 bits per heavy atom. The van der Waals surface area contributed by atoms with Gasteiger partial charge >= 0.3 is 5.97 Å². The molecule has 0 radical (unpaired) electrons. The first-order chi connectivity index (χ1) is 14.0. The standard InChI is InChI=1S/C23H25Cl2NO3/c1-13-19(23(28)29-14-7-3-2-4-8-14)20(15-9-5-10-16(24)22(15)25)21-17(26-13)11-6-12-18(21)27/h5,9-10,14,19-20H,2-4,6-8,11-12H2,1H3/t19?,20-/m0/s1. The van der Waals surface area contributed by atoms with Crippen molar-refractivity contribution in [2.45, 2.75) is 70.3 Å². The molecule has 2 atom stereocenters. The number of esters is 1. The zero-order valence-electron chi connectivity index (χ0n) is 16.5. The quantitative estimate of drug-likeness (QED) is 0.544. The first-order valence-electron chi connectivity index (χ1n) is 10.4. The Morgan fingerprint density at radius 2 is 1.86 bits per heavy atom. The number of halogens is 2. The van der Waals surface area contributed by atoms with Gasteiger partial charge in [-0.1, -0.05) is 41.8 Å². The molecule has 1 aliphatic heterocycles. The summed E-state index contributed by atoms with van der Waals surface area (Å²) in [4.78, 5) is 30.9. The van der Waals surface area contributed by atoms with Gasteiger partial charge in [0.15, 0.2) is 5.78 Å². The Labute approximate surface area is 181 Å². The van der Waals surface area contributed by atoms with Gasteiger partial charge in [-0.3, -0.25) is 14.6 Å². The maximum atomic E-state index is 13.3. The molecule has 29 heavy (non-hydrogen) atoms. The number of allylic oxidation sites excluding steroid dienone is 2. The second kappa shape index (κ2) is 8.61.